The van der Waals surface area contributed by atoms with Crippen molar-refractivity contribution in [3.8, 4) is 11.8 Å². The number of methoxy groups -OCH3 is 1. The zero-order valence-corrected chi connectivity index (χ0v) is 9.59. The maximum Gasteiger partial charge on any atom is 0.384 e. The summed E-state index contributed by atoms with van der Waals surface area (Å²) in [6.07, 6.45) is 0. The van der Waals surface area contributed by atoms with Gasteiger partial charge in [-0.25, -0.2) is 14.6 Å². The summed E-state index contributed by atoms with van der Waals surface area (Å²) in [5, 5.41) is 1.90. The molecule has 0 saturated heterocycles. The monoisotopic (exact) mass is 239 g/mol. The van der Waals surface area contributed by atoms with Crippen LogP contribution in [0.2, 0.25) is 0 Å². The van der Waals surface area contributed by atoms with Crippen LogP contribution in [0.4, 0.5) is 0 Å². The standard InChI is InChI=1S/C10H9NO4S/c1-3-15-10(13)7-6-16-8(11-7)4-5-9(12)14-2/h6H,3H2,1-2H3. The van der Waals surface area contributed by atoms with Crippen LogP contribution in [0.1, 0.15) is 22.4 Å². The summed E-state index contributed by atoms with van der Waals surface area (Å²) in [4.78, 5) is 25.8. The van der Waals surface area contributed by atoms with Gasteiger partial charge in [-0.2, -0.15) is 0 Å². The summed E-state index contributed by atoms with van der Waals surface area (Å²) >= 11 is 1.16. The number of aromatic nitrogens is 1. The predicted octanol–water partition coefficient (Wildman–Crippen LogP) is 0.844. The summed E-state index contributed by atoms with van der Waals surface area (Å²) in [5.74, 6) is 3.56. The van der Waals surface area contributed by atoms with Gasteiger partial charge in [0.2, 0.25) is 0 Å². The normalized spacial score (nSPS) is 8.88. The number of nitrogens with zero attached hydrogens (tertiary/aromatic N) is 1. The molecule has 1 aromatic rings. The van der Waals surface area contributed by atoms with E-state index in [1.165, 1.54) is 12.5 Å². The molecule has 16 heavy (non-hydrogen) atoms. The Labute approximate surface area is 96.4 Å². The van der Waals surface area contributed by atoms with Crippen molar-refractivity contribution in [2.45, 2.75) is 6.92 Å². The lowest BCUT2D eigenvalue weighted by Gasteiger charge is -1.95. The van der Waals surface area contributed by atoms with Crippen molar-refractivity contribution < 1.29 is 19.1 Å². The SMILES string of the molecule is CCOC(=O)c1csc(C#CC(=O)OC)n1. The Kier molecular flexibility index (Phi) is 4.48. The van der Waals surface area contributed by atoms with Crippen LogP contribution in [-0.4, -0.2) is 30.6 Å². The van der Waals surface area contributed by atoms with Crippen molar-refractivity contribution in [1.29, 1.82) is 0 Å². The highest BCUT2D eigenvalue weighted by molar-refractivity contribution is 7.10. The zero-order valence-electron chi connectivity index (χ0n) is 8.77. The average molecular weight is 239 g/mol. The number of esters is 2. The molecule has 1 heterocycles. The number of carbonyl (C=O) groups excluding carboxylic acids is 2. The van der Waals surface area contributed by atoms with Crippen LogP contribution >= 0.6 is 11.3 Å². The Balaban J connectivity index is 2.74. The molecule has 0 fully saturated rings. The number of thiazole rings is 1. The quantitative estimate of drug-likeness (QED) is 0.565. The van der Waals surface area contributed by atoms with Gasteiger partial charge in [0.15, 0.2) is 10.7 Å². The fraction of sp³-hybridized carbons (Fsp3) is 0.300. The van der Waals surface area contributed by atoms with Crippen LogP contribution in [-0.2, 0) is 14.3 Å². The Hall–Kier alpha value is -1.87. The summed E-state index contributed by atoms with van der Waals surface area (Å²) < 4.78 is 9.09. The molecule has 0 unspecified atom stereocenters. The van der Waals surface area contributed by atoms with Crippen LogP contribution in [0.15, 0.2) is 5.38 Å². The first kappa shape index (κ1) is 12.2. The van der Waals surface area contributed by atoms with Crippen molar-refractivity contribution in [1.82, 2.24) is 4.98 Å². The topological polar surface area (TPSA) is 65.5 Å². The molecular formula is C10H9NO4S. The second-order valence-electron chi connectivity index (χ2n) is 2.50. The van der Waals surface area contributed by atoms with Gasteiger partial charge in [0, 0.05) is 11.3 Å². The molecule has 0 aliphatic rings. The maximum absolute atomic E-state index is 11.2. The fourth-order valence-corrected chi connectivity index (χ4v) is 1.42. The minimum atomic E-state index is -0.645. The molecule has 5 nitrogen and oxygen atoms in total. The second-order valence-corrected chi connectivity index (χ2v) is 3.36. The molecule has 1 rings (SSSR count). The van der Waals surface area contributed by atoms with Crippen molar-refractivity contribution in [2.24, 2.45) is 0 Å². The maximum atomic E-state index is 11.2. The van der Waals surface area contributed by atoms with Gasteiger partial charge in [-0.15, -0.1) is 11.3 Å². The van der Waals surface area contributed by atoms with Gasteiger partial charge in [-0.05, 0) is 12.8 Å². The van der Waals surface area contributed by atoms with Gasteiger partial charge >= 0.3 is 11.9 Å². The molecule has 0 radical (unpaired) electrons. The van der Waals surface area contributed by atoms with Crippen molar-refractivity contribution in [3.05, 3.63) is 16.1 Å². The van der Waals surface area contributed by atoms with E-state index < -0.39 is 11.9 Å². The van der Waals surface area contributed by atoms with Gasteiger partial charge in [0.05, 0.1) is 13.7 Å². The first-order valence-corrected chi connectivity index (χ1v) is 5.28. The third-order valence-corrected chi connectivity index (χ3v) is 2.20. The molecule has 84 valence electrons. The first-order chi connectivity index (χ1) is 7.67. The average Bonchev–Trinajstić information content (AvgIpc) is 2.75. The first-order valence-electron chi connectivity index (χ1n) is 4.40. The smallest absolute Gasteiger partial charge is 0.384 e. The van der Waals surface area contributed by atoms with Gasteiger partial charge in [-0.3, -0.25) is 0 Å². The summed E-state index contributed by atoms with van der Waals surface area (Å²) in [7, 11) is 1.24. The van der Waals surface area contributed by atoms with Gasteiger partial charge in [-0.1, -0.05) is 0 Å². The molecule has 0 N–H and O–H groups in total. The van der Waals surface area contributed by atoms with E-state index in [4.69, 9.17) is 4.74 Å². The predicted molar refractivity (Wildman–Crippen MR) is 57.0 cm³/mol. The van der Waals surface area contributed by atoms with Gasteiger partial charge in [0.25, 0.3) is 0 Å². The molecule has 0 aromatic carbocycles. The highest BCUT2D eigenvalue weighted by atomic mass is 32.1. The van der Waals surface area contributed by atoms with Crippen molar-refractivity contribution >= 4 is 23.3 Å². The van der Waals surface area contributed by atoms with Crippen LogP contribution < -0.4 is 0 Å². The van der Waals surface area contributed by atoms with Crippen molar-refractivity contribution in [2.75, 3.05) is 13.7 Å². The zero-order chi connectivity index (χ0) is 12.0. The lowest BCUT2D eigenvalue weighted by Crippen LogP contribution is -2.04. The number of hydrogen-bond donors (Lipinski definition) is 0. The van der Waals surface area contributed by atoms with Crippen molar-refractivity contribution in [3.63, 3.8) is 0 Å². The molecule has 0 atom stereocenters. The van der Waals surface area contributed by atoms with E-state index in [-0.39, 0.29) is 5.69 Å². The third kappa shape index (κ3) is 3.37. The molecule has 0 amide bonds. The van der Waals surface area contributed by atoms with E-state index in [0.29, 0.717) is 11.6 Å². The highest BCUT2D eigenvalue weighted by Gasteiger charge is 2.10. The second kappa shape index (κ2) is 5.88. The molecule has 6 heteroatoms. The summed E-state index contributed by atoms with van der Waals surface area (Å²) in [6.45, 7) is 2.00. The molecule has 0 aliphatic carbocycles. The molecular weight excluding hydrogens is 230 g/mol. The molecule has 0 bridgehead atoms. The minimum absolute atomic E-state index is 0.195. The number of rotatable bonds is 2. The van der Waals surface area contributed by atoms with Gasteiger partial charge < -0.3 is 9.47 Å². The third-order valence-electron chi connectivity index (χ3n) is 1.45. The largest absolute Gasteiger partial charge is 0.461 e. The number of carbonyl (C=O) groups is 2. The molecule has 0 aliphatic heterocycles. The van der Waals surface area contributed by atoms with E-state index in [1.807, 2.05) is 0 Å². The lowest BCUT2D eigenvalue weighted by atomic mass is 10.5. The molecule has 0 saturated carbocycles. The van der Waals surface area contributed by atoms with E-state index in [0.717, 1.165) is 11.3 Å². The van der Waals surface area contributed by atoms with E-state index in [2.05, 4.69) is 21.6 Å². The lowest BCUT2D eigenvalue weighted by molar-refractivity contribution is -0.133. The van der Waals surface area contributed by atoms with Crippen LogP contribution in [0.5, 0.6) is 0 Å². The number of hydrogen-bond acceptors (Lipinski definition) is 6. The van der Waals surface area contributed by atoms with Crippen LogP contribution in [0, 0.1) is 11.8 Å². The van der Waals surface area contributed by atoms with Crippen LogP contribution in [0.25, 0.3) is 0 Å². The molecule has 1 aromatic heterocycles. The fourth-order valence-electron chi connectivity index (χ4n) is 0.785. The van der Waals surface area contributed by atoms with E-state index in [9.17, 15) is 9.59 Å². The summed E-state index contributed by atoms with van der Waals surface area (Å²) in [5.41, 5.74) is 0.195. The minimum Gasteiger partial charge on any atom is -0.461 e. The van der Waals surface area contributed by atoms with E-state index >= 15 is 0 Å². The van der Waals surface area contributed by atoms with Crippen LogP contribution in [0.3, 0.4) is 0 Å². The Morgan fingerprint density at radius 1 is 1.56 bits per heavy atom. The highest BCUT2D eigenvalue weighted by Crippen LogP contribution is 2.09. The Morgan fingerprint density at radius 3 is 2.94 bits per heavy atom. The Bertz CT molecular complexity index is 455. The Morgan fingerprint density at radius 2 is 2.31 bits per heavy atom. The summed E-state index contributed by atoms with van der Waals surface area (Å²) in [6, 6.07) is 0. The molecule has 0 spiro atoms. The number of ether oxygens (including phenoxy) is 2. The van der Waals surface area contributed by atoms with E-state index in [1.54, 1.807) is 6.92 Å². The van der Waals surface area contributed by atoms with Gasteiger partial charge in [0.1, 0.15) is 0 Å².